The summed E-state index contributed by atoms with van der Waals surface area (Å²) in [7, 11) is 6.17. The summed E-state index contributed by atoms with van der Waals surface area (Å²) in [6.45, 7) is 0. The fourth-order valence-electron chi connectivity index (χ4n) is 4.28. The maximum Gasteiger partial charge on any atom is 0.191 e. The summed E-state index contributed by atoms with van der Waals surface area (Å²) in [6, 6.07) is 26.2. The molecule has 0 radical (unpaired) electrons. The van der Waals surface area contributed by atoms with E-state index in [4.69, 9.17) is 18.9 Å². The molecule has 0 aliphatic rings. The number of rotatable bonds is 14. The number of methoxy groups -OCH3 is 4. The Morgan fingerprint density at radius 2 is 0.953 bits per heavy atom. The topological polar surface area (TPSA) is 95.1 Å². The van der Waals surface area contributed by atoms with Crippen LogP contribution in [0.3, 0.4) is 0 Å². The standard InChI is InChI=1S/C35H34N2O6/c1-40-28-13-15-30(34(22-28)42-3)32(38)17-19-36-26-9-5-24(6-10-26)21-25-7-11-27(12-8-25)37-20-18-33(39)31-16-14-29(41-2)23-35(31)43-4/h5-20,22-23,36-37H,21H2,1-4H3. The van der Waals surface area contributed by atoms with Crippen molar-refractivity contribution in [3.05, 3.63) is 132 Å². The second kappa shape index (κ2) is 14.9. The summed E-state index contributed by atoms with van der Waals surface area (Å²) in [6.07, 6.45) is 6.92. The second-order valence-electron chi connectivity index (χ2n) is 9.39. The van der Waals surface area contributed by atoms with Crippen LogP contribution in [0.1, 0.15) is 31.8 Å². The lowest BCUT2D eigenvalue weighted by molar-refractivity contribution is 0.103. The molecule has 0 aliphatic carbocycles. The number of carbonyl (C=O) groups excluding carboxylic acids is 2. The predicted octanol–water partition coefficient (Wildman–Crippen LogP) is 6.93. The summed E-state index contributed by atoms with van der Waals surface area (Å²) in [4.78, 5) is 25.2. The first-order valence-corrected chi connectivity index (χ1v) is 13.5. The molecule has 0 spiro atoms. The summed E-state index contributed by atoms with van der Waals surface area (Å²) in [5.41, 5.74) is 4.93. The van der Waals surface area contributed by atoms with E-state index < -0.39 is 0 Å². The Kier molecular flexibility index (Phi) is 10.6. The number of hydrogen-bond donors (Lipinski definition) is 2. The van der Waals surface area contributed by atoms with Crippen molar-refractivity contribution in [3.8, 4) is 23.0 Å². The summed E-state index contributed by atoms with van der Waals surface area (Å²) in [5.74, 6) is 1.80. The Labute approximate surface area is 251 Å². The van der Waals surface area contributed by atoms with E-state index in [0.717, 1.165) is 28.9 Å². The van der Waals surface area contributed by atoms with Crippen molar-refractivity contribution in [1.82, 2.24) is 0 Å². The molecule has 4 aromatic carbocycles. The van der Waals surface area contributed by atoms with E-state index in [0.29, 0.717) is 34.1 Å². The van der Waals surface area contributed by atoms with Gasteiger partial charge < -0.3 is 29.6 Å². The molecule has 8 nitrogen and oxygen atoms in total. The molecular formula is C35H34N2O6. The molecule has 0 saturated heterocycles. The number of hydrogen-bond acceptors (Lipinski definition) is 8. The molecule has 0 fully saturated rings. The second-order valence-corrected chi connectivity index (χ2v) is 9.39. The maximum atomic E-state index is 12.6. The van der Waals surface area contributed by atoms with Crippen LogP contribution in [0, 0.1) is 0 Å². The first kappa shape index (κ1) is 30.5. The quantitative estimate of drug-likeness (QED) is 0.123. The number of allylic oxidation sites excluding steroid dienone is 2. The van der Waals surface area contributed by atoms with Crippen molar-refractivity contribution >= 4 is 22.9 Å². The minimum Gasteiger partial charge on any atom is -0.497 e. The van der Waals surface area contributed by atoms with Crippen LogP contribution in [0.25, 0.3) is 0 Å². The number of anilines is 2. The van der Waals surface area contributed by atoms with Crippen LogP contribution in [0.4, 0.5) is 11.4 Å². The summed E-state index contributed by atoms with van der Waals surface area (Å²) < 4.78 is 21.0. The normalized spacial score (nSPS) is 10.9. The Morgan fingerprint density at radius 3 is 1.30 bits per heavy atom. The molecule has 8 heteroatoms. The lowest BCUT2D eigenvalue weighted by Crippen LogP contribution is -2.00. The number of carbonyl (C=O) groups is 2. The van der Waals surface area contributed by atoms with Gasteiger partial charge in [0, 0.05) is 48.1 Å². The third-order valence-corrected chi connectivity index (χ3v) is 6.63. The fourth-order valence-corrected chi connectivity index (χ4v) is 4.28. The zero-order valence-electron chi connectivity index (χ0n) is 24.5. The van der Waals surface area contributed by atoms with Crippen LogP contribution >= 0.6 is 0 Å². The number of nitrogens with one attached hydrogen (secondary N) is 2. The average Bonchev–Trinajstić information content (AvgIpc) is 3.05. The van der Waals surface area contributed by atoms with Crippen molar-refractivity contribution in [3.63, 3.8) is 0 Å². The minimum absolute atomic E-state index is 0.180. The van der Waals surface area contributed by atoms with Crippen LogP contribution in [0.2, 0.25) is 0 Å². The number of benzene rings is 4. The summed E-state index contributed by atoms with van der Waals surface area (Å²) in [5, 5.41) is 6.27. The minimum atomic E-state index is -0.180. The molecule has 4 aromatic rings. The molecule has 4 rings (SSSR count). The van der Waals surface area contributed by atoms with Crippen LogP contribution in [0.15, 0.2) is 109 Å². The van der Waals surface area contributed by atoms with Gasteiger partial charge in [0.1, 0.15) is 23.0 Å². The Balaban J connectivity index is 1.27. The Morgan fingerprint density at radius 1 is 0.558 bits per heavy atom. The molecule has 2 N–H and O–H groups in total. The van der Waals surface area contributed by atoms with Gasteiger partial charge in [-0.3, -0.25) is 9.59 Å². The van der Waals surface area contributed by atoms with Gasteiger partial charge in [0.2, 0.25) is 0 Å². The molecule has 0 amide bonds. The molecular weight excluding hydrogens is 544 g/mol. The third-order valence-electron chi connectivity index (χ3n) is 6.63. The van der Waals surface area contributed by atoms with Crippen molar-refractivity contribution in [2.24, 2.45) is 0 Å². The summed E-state index contributed by atoms with van der Waals surface area (Å²) >= 11 is 0. The van der Waals surface area contributed by atoms with Gasteiger partial charge in [-0.2, -0.15) is 0 Å². The van der Waals surface area contributed by atoms with Gasteiger partial charge in [0.25, 0.3) is 0 Å². The third kappa shape index (κ3) is 8.27. The zero-order chi connectivity index (χ0) is 30.6. The van der Waals surface area contributed by atoms with Crippen molar-refractivity contribution in [1.29, 1.82) is 0 Å². The Hall–Kier alpha value is -5.50. The monoisotopic (exact) mass is 578 g/mol. The highest BCUT2D eigenvalue weighted by atomic mass is 16.5. The van der Waals surface area contributed by atoms with Crippen molar-refractivity contribution in [2.45, 2.75) is 6.42 Å². The van der Waals surface area contributed by atoms with Crippen molar-refractivity contribution < 1.29 is 28.5 Å². The average molecular weight is 579 g/mol. The molecule has 0 bridgehead atoms. The molecule has 0 aliphatic heterocycles. The fraction of sp³-hybridized carbons (Fsp3) is 0.143. The van der Waals surface area contributed by atoms with Gasteiger partial charge >= 0.3 is 0 Å². The molecule has 0 aromatic heterocycles. The van der Waals surface area contributed by atoms with E-state index in [2.05, 4.69) is 10.6 Å². The van der Waals surface area contributed by atoms with Crippen LogP contribution < -0.4 is 29.6 Å². The molecule has 0 heterocycles. The molecule has 0 unspecified atom stereocenters. The zero-order valence-corrected chi connectivity index (χ0v) is 24.5. The highest BCUT2D eigenvalue weighted by molar-refractivity contribution is 6.07. The lowest BCUT2D eigenvalue weighted by atomic mass is 10.0. The highest BCUT2D eigenvalue weighted by Gasteiger charge is 2.12. The van der Waals surface area contributed by atoms with Crippen LogP contribution in [-0.4, -0.2) is 40.0 Å². The van der Waals surface area contributed by atoms with Crippen LogP contribution in [-0.2, 0) is 6.42 Å². The van der Waals surface area contributed by atoms with E-state index >= 15 is 0 Å². The van der Waals surface area contributed by atoms with Crippen molar-refractivity contribution in [2.75, 3.05) is 39.1 Å². The lowest BCUT2D eigenvalue weighted by Gasteiger charge is -2.08. The van der Waals surface area contributed by atoms with Gasteiger partial charge in [-0.15, -0.1) is 0 Å². The van der Waals surface area contributed by atoms with Gasteiger partial charge in [-0.1, -0.05) is 24.3 Å². The predicted molar refractivity (Wildman–Crippen MR) is 169 cm³/mol. The van der Waals surface area contributed by atoms with E-state index in [-0.39, 0.29) is 11.6 Å². The van der Waals surface area contributed by atoms with E-state index in [1.165, 1.54) is 26.4 Å². The first-order valence-electron chi connectivity index (χ1n) is 13.5. The smallest absolute Gasteiger partial charge is 0.191 e. The molecule has 220 valence electrons. The largest absolute Gasteiger partial charge is 0.497 e. The number of ether oxygens (including phenoxy) is 4. The first-order chi connectivity index (χ1) is 20.9. The molecule has 43 heavy (non-hydrogen) atoms. The van der Waals surface area contributed by atoms with E-state index in [1.807, 2.05) is 48.5 Å². The van der Waals surface area contributed by atoms with Gasteiger partial charge in [-0.25, -0.2) is 0 Å². The van der Waals surface area contributed by atoms with Gasteiger partial charge in [-0.05, 0) is 66.1 Å². The van der Waals surface area contributed by atoms with E-state index in [1.54, 1.807) is 63.0 Å². The maximum absolute atomic E-state index is 12.6. The van der Waals surface area contributed by atoms with E-state index in [9.17, 15) is 9.59 Å². The highest BCUT2D eigenvalue weighted by Crippen LogP contribution is 2.26. The molecule has 0 atom stereocenters. The number of ketones is 2. The Bertz CT molecular complexity index is 1490. The van der Waals surface area contributed by atoms with Crippen LogP contribution in [0.5, 0.6) is 23.0 Å². The van der Waals surface area contributed by atoms with Gasteiger partial charge in [0.05, 0.1) is 39.6 Å². The van der Waals surface area contributed by atoms with Gasteiger partial charge in [0.15, 0.2) is 11.6 Å². The molecule has 0 saturated carbocycles. The SMILES string of the molecule is COc1ccc(C(=O)C=CNc2ccc(Cc3ccc(NC=CC(=O)c4ccc(OC)cc4OC)cc3)cc2)c(OC)c1.